The molecule has 0 bridgehead atoms. The Bertz CT molecular complexity index is 452. The zero-order valence-corrected chi connectivity index (χ0v) is 12.3. The van der Waals surface area contributed by atoms with Crippen LogP contribution in [-0.2, 0) is 4.79 Å². The van der Waals surface area contributed by atoms with Crippen LogP contribution in [0.4, 0.5) is 0 Å². The lowest BCUT2D eigenvalue weighted by molar-refractivity contribution is -0.137. The molecule has 6 nitrogen and oxygen atoms in total. The van der Waals surface area contributed by atoms with Crippen molar-refractivity contribution in [3.63, 3.8) is 0 Å². The Morgan fingerprint density at radius 1 is 1.40 bits per heavy atom. The van der Waals surface area contributed by atoms with Gasteiger partial charge in [-0.2, -0.15) is 0 Å². The van der Waals surface area contributed by atoms with Crippen molar-refractivity contribution in [2.75, 3.05) is 13.6 Å². The molecule has 1 N–H and O–H groups in total. The molecule has 112 valence electrons. The van der Waals surface area contributed by atoms with Crippen molar-refractivity contribution in [3.05, 3.63) is 17.5 Å². The molecule has 1 heterocycles. The van der Waals surface area contributed by atoms with Gasteiger partial charge in [0, 0.05) is 32.0 Å². The van der Waals surface area contributed by atoms with Crippen molar-refractivity contribution in [1.82, 2.24) is 10.1 Å². The molecule has 0 atom stereocenters. The number of carboxylic acids is 1. The van der Waals surface area contributed by atoms with Crippen LogP contribution in [0.15, 0.2) is 10.6 Å². The highest BCUT2D eigenvalue weighted by molar-refractivity contribution is 5.91. The van der Waals surface area contributed by atoms with Gasteiger partial charge >= 0.3 is 5.97 Å². The summed E-state index contributed by atoms with van der Waals surface area (Å²) < 4.78 is 5.10. The molecule has 0 fully saturated rings. The summed E-state index contributed by atoms with van der Waals surface area (Å²) in [6.45, 7) is 4.52. The lowest BCUT2D eigenvalue weighted by atomic mass is 9.99. The SMILES string of the molecule is CCC(CC)c1cc(C(=O)N(C)CCCC(=O)O)on1. The molecule has 0 saturated carbocycles. The van der Waals surface area contributed by atoms with Crippen molar-refractivity contribution >= 4 is 11.9 Å². The molecule has 6 heteroatoms. The summed E-state index contributed by atoms with van der Waals surface area (Å²) >= 11 is 0. The molecule has 0 aliphatic heterocycles. The van der Waals surface area contributed by atoms with Gasteiger partial charge in [0.1, 0.15) is 0 Å². The maximum Gasteiger partial charge on any atom is 0.303 e. The van der Waals surface area contributed by atoms with Crippen LogP contribution >= 0.6 is 0 Å². The first-order chi connectivity index (χ1) is 9.49. The van der Waals surface area contributed by atoms with Gasteiger partial charge in [-0.3, -0.25) is 9.59 Å². The summed E-state index contributed by atoms with van der Waals surface area (Å²) in [6.07, 6.45) is 2.37. The van der Waals surface area contributed by atoms with Crippen molar-refractivity contribution in [1.29, 1.82) is 0 Å². The van der Waals surface area contributed by atoms with E-state index in [1.165, 1.54) is 4.90 Å². The fourth-order valence-electron chi connectivity index (χ4n) is 2.05. The zero-order valence-electron chi connectivity index (χ0n) is 12.3. The quantitative estimate of drug-likeness (QED) is 0.792. The van der Waals surface area contributed by atoms with Crippen LogP contribution in [0.5, 0.6) is 0 Å². The summed E-state index contributed by atoms with van der Waals surface area (Å²) in [5.41, 5.74) is 0.803. The van der Waals surface area contributed by atoms with Crippen LogP contribution in [0.1, 0.15) is 61.7 Å². The lowest BCUT2D eigenvalue weighted by Crippen LogP contribution is -2.27. The third-order valence-electron chi connectivity index (χ3n) is 3.37. The monoisotopic (exact) mass is 282 g/mol. The molecule has 0 aliphatic rings. The summed E-state index contributed by atoms with van der Waals surface area (Å²) in [5, 5.41) is 12.5. The highest BCUT2D eigenvalue weighted by Gasteiger charge is 2.20. The average molecular weight is 282 g/mol. The molecule has 20 heavy (non-hydrogen) atoms. The van der Waals surface area contributed by atoms with Gasteiger partial charge in [-0.25, -0.2) is 0 Å². The number of hydrogen-bond donors (Lipinski definition) is 1. The molecule has 1 amide bonds. The van der Waals surface area contributed by atoms with E-state index in [-0.39, 0.29) is 18.1 Å². The first-order valence-corrected chi connectivity index (χ1v) is 6.93. The average Bonchev–Trinajstić information content (AvgIpc) is 2.88. The van der Waals surface area contributed by atoms with E-state index in [9.17, 15) is 9.59 Å². The van der Waals surface area contributed by atoms with Crippen LogP contribution in [-0.4, -0.2) is 40.6 Å². The third kappa shape index (κ3) is 4.36. The normalized spacial score (nSPS) is 10.8. The van der Waals surface area contributed by atoms with E-state index in [4.69, 9.17) is 9.63 Å². The second-order valence-corrected chi connectivity index (χ2v) is 4.85. The van der Waals surface area contributed by atoms with E-state index < -0.39 is 5.97 Å². The zero-order chi connectivity index (χ0) is 15.1. The second-order valence-electron chi connectivity index (χ2n) is 4.85. The van der Waals surface area contributed by atoms with Crippen molar-refractivity contribution < 1.29 is 19.2 Å². The first kappa shape index (κ1) is 16.2. The van der Waals surface area contributed by atoms with Crippen molar-refractivity contribution in [3.8, 4) is 0 Å². The smallest absolute Gasteiger partial charge is 0.303 e. The van der Waals surface area contributed by atoms with Crippen molar-refractivity contribution in [2.45, 2.75) is 45.4 Å². The summed E-state index contributed by atoms with van der Waals surface area (Å²) in [6, 6.07) is 1.69. The standard InChI is InChI=1S/C14H22N2O4/c1-4-10(5-2)11-9-12(20-15-11)14(19)16(3)8-6-7-13(17)18/h9-10H,4-8H2,1-3H3,(H,17,18). The van der Waals surface area contributed by atoms with Crippen LogP contribution in [0.2, 0.25) is 0 Å². The second kappa shape index (κ2) is 7.67. The molecule has 0 radical (unpaired) electrons. The largest absolute Gasteiger partial charge is 0.481 e. The third-order valence-corrected chi connectivity index (χ3v) is 3.37. The molecule has 1 aromatic heterocycles. The predicted octanol–water partition coefficient (Wildman–Crippen LogP) is 2.52. The van der Waals surface area contributed by atoms with Crippen molar-refractivity contribution in [2.24, 2.45) is 0 Å². The maximum absolute atomic E-state index is 12.1. The van der Waals surface area contributed by atoms with Crippen LogP contribution < -0.4 is 0 Å². The van der Waals surface area contributed by atoms with E-state index in [2.05, 4.69) is 19.0 Å². The Kier molecular flexibility index (Phi) is 6.21. The molecular weight excluding hydrogens is 260 g/mol. The van der Waals surface area contributed by atoms with Crippen LogP contribution in [0.3, 0.4) is 0 Å². The minimum absolute atomic E-state index is 0.0486. The predicted molar refractivity (Wildman–Crippen MR) is 73.7 cm³/mol. The molecular formula is C14H22N2O4. The van der Waals surface area contributed by atoms with Gasteiger partial charge in [-0.05, 0) is 19.3 Å². The summed E-state index contributed by atoms with van der Waals surface area (Å²) in [4.78, 5) is 24.0. The number of hydrogen-bond acceptors (Lipinski definition) is 4. The molecule has 0 saturated heterocycles. The summed E-state index contributed by atoms with van der Waals surface area (Å²) in [5.74, 6) is -0.607. The fraction of sp³-hybridized carbons (Fsp3) is 0.643. The Morgan fingerprint density at radius 2 is 2.05 bits per heavy atom. The Balaban J connectivity index is 2.60. The highest BCUT2D eigenvalue weighted by atomic mass is 16.5. The molecule has 0 aliphatic carbocycles. The number of aromatic nitrogens is 1. The Labute approximate surface area is 118 Å². The number of aliphatic carboxylic acids is 1. The van der Waals surface area contributed by atoms with Crippen LogP contribution in [0, 0.1) is 0 Å². The van der Waals surface area contributed by atoms with Crippen LogP contribution in [0.25, 0.3) is 0 Å². The minimum Gasteiger partial charge on any atom is -0.481 e. The fourth-order valence-corrected chi connectivity index (χ4v) is 2.05. The minimum atomic E-state index is -0.860. The number of carbonyl (C=O) groups excluding carboxylic acids is 1. The number of rotatable bonds is 8. The summed E-state index contributed by atoms with van der Waals surface area (Å²) in [7, 11) is 1.63. The molecule has 0 unspecified atom stereocenters. The van der Waals surface area contributed by atoms with Gasteiger partial charge in [-0.1, -0.05) is 19.0 Å². The molecule has 1 aromatic rings. The number of nitrogens with zero attached hydrogens (tertiary/aromatic N) is 2. The highest BCUT2D eigenvalue weighted by Crippen LogP contribution is 2.22. The number of amides is 1. The van der Waals surface area contributed by atoms with Gasteiger partial charge in [0.2, 0.25) is 5.76 Å². The van der Waals surface area contributed by atoms with Gasteiger partial charge in [-0.15, -0.1) is 0 Å². The molecule has 0 aromatic carbocycles. The van der Waals surface area contributed by atoms with E-state index in [0.717, 1.165) is 18.5 Å². The number of carboxylic acid groups (broad SMARTS) is 1. The molecule has 0 spiro atoms. The van der Waals surface area contributed by atoms with Gasteiger partial charge in [0.15, 0.2) is 0 Å². The lowest BCUT2D eigenvalue weighted by Gasteiger charge is -2.14. The van der Waals surface area contributed by atoms with Gasteiger partial charge in [0.05, 0.1) is 5.69 Å². The Hall–Kier alpha value is -1.85. The van der Waals surface area contributed by atoms with E-state index in [1.54, 1.807) is 13.1 Å². The first-order valence-electron chi connectivity index (χ1n) is 6.93. The van der Waals surface area contributed by atoms with E-state index in [0.29, 0.717) is 18.9 Å². The molecule has 1 rings (SSSR count). The van der Waals surface area contributed by atoms with Gasteiger partial charge < -0.3 is 14.5 Å². The number of carbonyl (C=O) groups is 2. The maximum atomic E-state index is 12.1. The topological polar surface area (TPSA) is 83.6 Å². The van der Waals surface area contributed by atoms with Gasteiger partial charge in [0.25, 0.3) is 5.91 Å². The Morgan fingerprint density at radius 3 is 2.60 bits per heavy atom. The van der Waals surface area contributed by atoms with E-state index in [1.807, 2.05) is 0 Å². The van der Waals surface area contributed by atoms with E-state index >= 15 is 0 Å².